The van der Waals surface area contributed by atoms with E-state index in [4.69, 9.17) is 4.74 Å². The van der Waals surface area contributed by atoms with Crippen LogP contribution in [0.15, 0.2) is 42.9 Å². The van der Waals surface area contributed by atoms with Crippen LogP contribution in [0.2, 0.25) is 0 Å². The molecule has 3 atom stereocenters. The van der Waals surface area contributed by atoms with Gasteiger partial charge in [0.05, 0.1) is 29.6 Å². The topological polar surface area (TPSA) is 81.1 Å². The van der Waals surface area contributed by atoms with Gasteiger partial charge in [0.1, 0.15) is 11.8 Å². The summed E-state index contributed by atoms with van der Waals surface area (Å²) in [6, 6.07) is 5.22. The maximum absolute atomic E-state index is 13.7. The van der Waals surface area contributed by atoms with Crippen molar-refractivity contribution in [3.63, 3.8) is 0 Å². The lowest BCUT2D eigenvalue weighted by atomic mass is 9.77. The summed E-state index contributed by atoms with van der Waals surface area (Å²) in [6.07, 6.45) is 0.197. The molecule has 7 nitrogen and oxygen atoms in total. The molecule has 0 spiro atoms. The first kappa shape index (κ1) is 23.1. The van der Waals surface area contributed by atoms with E-state index in [1.807, 2.05) is 0 Å². The van der Waals surface area contributed by atoms with Gasteiger partial charge in [-0.25, -0.2) is 24.3 Å². The first-order chi connectivity index (χ1) is 16.7. The van der Waals surface area contributed by atoms with Gasteiger partial charge >= 0.3 is 6.18 Å². The molecule has 1 saturated carbocycles. The average Bonchev–Trinajstić information content (AvgIpc) is 2.84. The Morgan fingerprint density at radius 3 is 2.49 bits per heavy atom. The lowest BCUT2D eigenvalue weighted by molar-refractivity contribution is -0.137. The summed E-state index contributed by atoms with van der Waals surface area (Å²) in [4.78, 5) is 31.6. The Kier molecular flexibility index (Phi) is 5.86. The molecule has 182 valence electrons. The van der Waals surface area contributed by atoms with Crippen LogP contribution in [0.25, 0.3) is 11.5 Å². The van der Waals surface area contributed by atoms with Gasteiger partial charge in [-0.2, -0.15) is 13.2 Å². The molecule has 5 heterocycles. The highest BCUT2D eigenvalue weighted by molar-refractivity contribution is 5.99. The highest BCUT2D eigenvalue weighted by Crippen LogP contribution is 2.39. The number of hydrogen-bond acceptors (Lipinski definition) is 6. The van der Waals surface area contributed by atoms with E-state index < -0.39 is 23.7 Å². The van der Waals surface area contributed by atoms with Crippen LogP contribution < -0.4 is 4.74 Å². The quantitative estimate of drug-likeness (QED) is 0.505. The maximum Gasteiger partial charge on any atom is 0.417 e. The molecule has 0 unspecified atom stereocenters. The van der Waals surface area contributed by atoms with Crippen LogP contribution in [-0.4, -0.2) is 49.4 Å². The molecule has 1 aliphatic carbocycles. The Morgan fingerprint density at radius 2 is 1.83 bits per heavy atom. The van der Waals surface area contributed by atoms with Crippen molar-refractivity contribution in [3.05, 3.63) is 65.5 Å². The van der Waals surface area contributed by atoms with E-state index in [2.05, 4.69) is 19.9 Å². The second kappa shape index (κ2) is 8.86. The van der Waals surface area contributed by atoms with Crippen molar-refractivity contribution in [2.24, 2.45) is 5.92 Å². The molecule has 0 radical (unpaired) electrons. The normalized spacial score (nSPS) is 21.7. The van der Waals surface area contributed by atoms with Gasteiger partial charge in [0, 0.05) is 24.5 Å². The summed E-state index contributed by atoms with van der Waals surface area (Å²) in [6.45, 7) is 2.30. The monoisotopic (exact) mass is 487 g/mol. The summed E-state index contributed by atoms with van der Waals surface area (Å²) in [5.74, 6) is -0.460. The molecule has 0 aromatic carbocycles. The van der Waals surface area contributed by atoms with Gasteiger partial charge in [-0.1, -0.05) is 0 Å². The summed E-state index contributed by atoms with van der Waals surface area (Å²) in [7, 11) is 0. The summed E-state index contributed by atoms with van der Waals surface area (Å²) < 4.78 is 57.8. The number of ether oxygens (including phenoxy) is 1. The van der Waals surface area contributed by atoms with Gasteiger partial charge in [-0.05, 0) is 50.3 Å². The van der Waals surface area contributed by atoms with E-state index in [-0.39, 0.29) is 35.3 Å². The molecule has 6 rings (SSSR count). The molecule has 0 N–H and O–H groups in total. The Labute approximate surface area is 198 Å². The zero-order chi connectivity index (χ0) is 24.7. The first-order valence-electron chi connectivity index (χ1n) is 11.2. The second-order valence-electron chi connectivity index (χ2n) is 8.82. The van der Waals surface area contributed by atoms with Crippen molar-refractivity contribution in [2.45, 2.75) is 44.5 Å². The highest BCUT2D eigenvalue weighted by Gasteiger charge is 2.45. The Morgan fingerprint density at radius 1 is 1.06 bits per heavy atom. The predicted octanol–water partition coefficient (Wildman–Crippen LogP) is 4.47. The van der Waals surface area contributed by atoms with E-state index in [0.717, 1.165) is 31.1 Å². The molecule has 3 aliphatic rings. The van der Waals surface area contributed by atoms with Crippen LogP contribution in [0.3, 0.4) is 0 Å². The number of halogens is 4. The van der Waals surface area contributed by atoms with Crippen LogP contribution in [-0.2, 0) is 6.18 Å². The van der Waals surface area contributed by atoms with Crippen molar-refractivity contribution in [3.8, 4) is 17.4 Å². The van der Waals surface area contributed by atoms with E-state index in [9.17, 15) is 22.4 Å². The number of piperidine rings is 2. The minimum Gasteiger partial charge on any atom is -0.472 e. The van der Waals surface area contributed by atoms with Crippen molar-refractivity contribution < 1.29 is 27.1 Å². The van der Waals surface area contributed by atoms with Crippen molar-refractivity contribution in [1.29, 1.82) is 0 Å². The number of rotatable bonds is 4. The lowest BCUT2D eigenvalue weighted by Crippen LogP contribution is -2.59. The third-order valence-electron chi connectivity index (χ3n) is 6.41. The molecule has 11 heteroatoms. The van der Waals surface area contributed by atoms with Gasteiger partial charge < -0.3 is 9.64 Å². The van der Waals surface area contributed by atoms with Crippen LogP contribution in [0.5, 0.6) is 5.88 Å². The Balaban J connectivity index is 1.40. The van der Waals surface area contributed by atoms with E-state index in [0.29, 0.717) is 30.6 Å². The summed E-state index contributed by atoms with van der Waals surface area (Å²) in [5, 5.41) is 0. The second-order valence-corrected chi connectivity index (χ2v) is 8.82. The van der Waals surface area contributed by atoms with Gasteiger partial charge in [0.2, 0.25) is 5.88 Å². The predicted molar refractivity (Wildman–Crippen MR) is 116 cm³/mol. The molecule has 2 bridgehead atoms. The third-order valence-corrected chi connectivity index (χ3v) is 6.41. The Bertz CT molecular complexity index is 1230. The zero-order valence-electron chi connectivity index (χ0n) is 18.7. The van der Waals surface area contributed by atoms with Crippen LogP contribution in [0.4, 0.5) is 17.6 Å². The Hall–Kier alpha value is -3.63. The third kappa shape index (κ3) is 4.67. The average molecular weight is 487 g/mol. The van der Waals surface area contributed by atoms with Crippen LogP contribution in [0, 0.1) is 18.7 Å². The highest BCUT2D eigenvalue weighted by atomic mass is 19.4. The SMILES string of the molecule is Cc1ccc(C(=O)N2C[C@@H]3CC[C@H]2[C@H](Oc2ccc(C(F)(F)F)cn2)C3)c(-c2ncc(F)cn2)n1. The number of aromatic nitrogens is 4. The number of aryl methyl sites for hydroxylation is 1. The summed E-state index contributed by atoms with van der Waals surface area (Å²) in [5.41, 5.74) is 0.355. The number of pyridine rings is 2. The van der Waals surface area contributed by atoms with Crippen LogP contribution in [0.1, 0.15) is 40.9 Å². The number of amides is 1. The van der Waals surface area contributed by atoms with Crippen molar-refractivity contribution >= 4 is 5.91 Å². The fraction of sp³-hybridized carbons (Fsp3) is 0.375. The van der Waals surface area contributed by atoms with Crippen LogP contribution >= 0.6 is 0 Å². The van der Waals surface area contributed by atoms with Gasteiger partial charge in [0.25, 0.3) is 5.91 Å². The standard InChI is InChI=1S/C24H21F4N5O2/c1-13-2-5-17(21(32-13)22-30-10-16(25)11-31-22)23(34)33-12-14-3-6-18(33)19(8-14)35-20-7-4-15(9-29-20)24(26,27)28/h2,4-5,7,9-11,14,18-19H,3,6,8,12H2,1H3/t14-,18+,19-/m1/s1. The minimum atomic E-state index is -4.48. The smallest absolute Gasteiger partial charge is 0.417 e. The fourth-order valence-corrected chi connectivity index (χ4v) is 4.75. The molecule has 3 aromatic rings. The summed E-state index contributed by atoms with van der Waals surface area (Å²) >= 11 is 0. The molecule has 2 aliphatic heterocycles. The molecule has 2 saturated heterocycles. The lowest BCUT2D eigenvalue weighted by Gasteiger charge is -2.49. The number of alkyl halides is 3. The van der Waals surface area contributed by atoms with Gasteiger partial charge in [-0.3, -0.25) is 4.79 Å². The number of hydrogen-bond donors (Lipinski definition) is 0. The van der Waals surface area contributed by atoms with E-state index in [1.165, 1.54) is 6.07 Å². The van der Waals surface area contributed by atoms with Crippen molar-refractivity contribution in [1.82, 2.24) is 24.8 Å². The molecular formula is C24H21F4N5O2. The first-order valence-corrected chi connectivity index (χ1v) is 11.2. The molecule has 3 aromatic heterocycles. The van der Waals surface area contributed by atoms with Gasteiger partial charge in [-0.15, -0.1) is 0 Å². The zero-order valence-corrected chi connectivity index (χ0v) is 18.7. The number of carbonyl (C=O) groups is 1. The number of fused-ring (bicyclic) bond motifs is 3. The maximum atomic E-state index is 13.7. The van der Waals surface area contributed by atoms with Gasteiger partial charge in [0.15, 0.2) is 11.6 Å². The largest absolute Gasteiger partial charge is 0.472 e. The van der Waals surface area contributed by atoms with Crippen molar-refractivity contribution in [2.75, 3.05) is 6.54 Å². The fourth-order valence-electron chi connectivity index (χ4n) is 4.75. The minimum absolute atomic E-state index is 0.0837. The van der Waals surface area contributed by atoms with E-state index in [1.54, 1.807) is 24.0 Å². The van der Waals surface area contributed by atoms with E-state index >= 15 is 0 Å². The molecule has 1 amide bonds. The molecule has 35 heavy (non-hydrogen) atoms. The number of carbonyl (C=O) groups excluding carboxylic acids is 1. The molecular weight excluding hydrogens is 466 g/mol. The number of nitrogens with zero attached hydrogens (tertiary/aromatic N) is 5. The molecule has 3 fully saturated rings.